The van der Waals surface area contributed by atoms with Gasteiger partial charge in [0.1, 0.15) is 71.6 Å². The Kier molecular flexibility index (Phi) is 33.0. The largest absolute Gasteiger partial charge is 0.508 e. The number of aliphatic carboxylic acids is 1. The maximum Gasteiger partial charge on any atom is 0.326 e. The maximum atomic E-state index is 14.5. The van der Waals surface area contributed by atoms with Crippen molar-refractivity contribution in [2.75, 3.05) is 30.9 Å². The molecular weight excluding hydrogens is 1260 g/mol. The van der Waals surface area contributed by atoms with E-state index in [4.69, 9.17) is 22.6 Å². The van der Waals surface area contributed by atoms with Crippen LogP contribution in [0.5, 0.6) is 17.2 Å². The average molecular weight is 1350 g/mol. The number of rotatable bonds is 41. The van der Waals surface area contributed by atoms with Crippen LogP contribution in [0.25, 0.3) is 0 Å². The fourth-order valence-corrected chi connectivity index (χ4v) is 10.2. The van der Waals surface area contributed by atoms with Crippen molar-refractivity contribution in [2.45, 2.75) is 152 Å². The van der Waals surface area contributed by atoms with Crippen molar-refractivity contribution in [3.05, 3.63) is 108 Å². The van der Waals surface area contributed by atoms with Crippen LogP contribution in [-0.4, -0.2) is 187 Å². The van der Waals surface area contributed by atoms with Gasteiger partial charge in [-0.05, 0) is 129 Å². The number of phenols is 3. The predicted octanol–water partition coefficient (Wildman–Crippen LogP) is -1.29. The Morgan fingerprint density at radius 1 is 0.543 bits per heavy atom. The topological polar surface area (TPSA) is 503 Å². The van der Waals surface area contributed by atoms with E-state index in [0.717, 1.165) is 0 Å². The van der Waals surface area contributed by atoms with Crippen molar-refractivity contribution in [3.8, 4) is 17.2 Å². The Morgan fingerprint density at radius 3 is 1.35 bits per heavy atom. The van der Waals surface area contributed by atoms with Crippen molar-refractivity contribution in [1.29, 1.82) is 5.41 Å². The first-order chi connectivity index (χ1) is 44.7. The Morgan fingerprint density at radius 2 is 0.936 bits per heavy atom. The Hall–Kier alpha value is -9.14. The molecule has 3 aromatic carbocycles. The fraction of sp³-hybridized carbons (Fsp3) is 0.484. The number of nitrogens with one attached hydrogen (secondary N) is 12. The summed E-state index contributed by atoms with van der Waals surface area (Å²) in [5, 5.41) is 73.8. The second-order valence-corrected chi connectivity index (χ2v) is 24.3. The number of thioether (sulfide) groups is 1. The molecule has 1 aromatic heterocycles. The third kappa shape index (κ3) is 27.6. The quantitative estimate of drug-likeness (QED) is 0.0106. The summed E-state index contributed by atoms with van der Waals surface area (Å²) in [6.45, 7) is 5.36. The Bertz CT molecular complexity index is 3130. The van der Waals surface area contributed by atoms with Crippen molar-refractivity contribution < 1.29 is 68.4 Å². The molecule has 10 atom stereocenters. The van der Waals surface area contributed by atoms with Crippen LogP contribution in [0.4, 0.5) is 0 Å². The van der Waals surface area contributed by atoms with E-state index in [1.54, 1.807) is 18.4 Å². The van der Waals surface area contributed by atoms with E-state index in [0.29, 0.717) is 41.0 Å². The van der Waals surface area contributed by atoms with Crippen LogP contribution in [0.2, 0.25) is 0 Å². The van der Waals surface area contributed by atoms with Crippen molar-refractivity contribution in [2.24, 2.45) is 23.1 Å². The number of hydrogen-bond donors (Lipinski definition) is 20. The van der Waals surface area contributed by atoms with Gasteiger partial charge in [-0.25, -0.2) is 9.78 Å². The Balaban J connectivity index is 1.58. The molecule has 94 heavy (non-hydrogen) atoms. The zero-order valence-corrected chi connectivity index (χ0v) is 54.7. The first-order valence-electron chi connectivity index (χ1n) is 30.6. The highest BCUT2D eigenvalue weighted by Gasteiger charge is 2.36. The molecule has 1 heterocycles. The number of aromatic nitrogens is 2. The number of unbranched alkanes of at least 4 members (excludes halogenated alkanes) is 1. The first kappa shape index (κ1) is 77.3. The van der Waals surface area contributed by atoms with E-state index in [2.05, 4.69) is 75.8 Å². The number of guanidine groups is 1. The van der Waals surface area contributed by atoms with Crippen LogP contribution >= 0.6 is 24.4 Å². The van der Waals surface area contributed by atoms with Gasteiger partial charge in [-0.15, -0.1) is 0 Å². The normalized spacial score (nSPS) is 14.3. The van der Waals surface area contributed by atoms with Gasteiger partial charge in [0, 0.05) is 44.2 Å². The third-order valence-corrected chi connectivity index (χ3v) is 15.7. The minimum Gasteiger partial charge on any atom is -0.508 e. The van der Waals surface area contributed by atoms with Gasteiger partial charge in [0.15, 0.2) is 5.96 Å². The highest BCUT2D eigenvalue weighted by molar-refractivity contribution is 7.98. The number of aromatic amines is 1. The van der Waals surface area contributed by atoms with Gasteiger partial charge in [0.25, 0.3) is 0 Å². The number of imidazole rings is 1. The predicted molar refractivity (Wildman–Crippen MR) is 355 cm³/mol. The number of amides is 9. The monoisotopic (exact) mass is 1350 g/mol. The lowest BCUT2D eigenvalue weighted by molar-refractivity contribution is -0.142. The fourth-order valence-electron chi connectivity index (χ4n) is 9.50. The molecule has 514 valence electrons. The molecule has 22 N–H and O–H groups in total. The summed E-state index contributed by atoms with van der Waals surface area (Å²) in [6, 6.07) is 3.70. The van der Waals surface area contributed by atoms with Gasteiger partial charge in [-0.2, -0.15) is 24.4 Å². The summed E-state index contributed by atoms with van der Waals surface area (Å²) in [5.74, 6) is -9.51. The van der Waals surface area contributed by atoms with Crippen molar-refractivity contribution in [3.63, 3.8) is 0 Å². The lowest BCUT2D eigenvalue weighted by Crippen LogP contribution is -2.61. The summed E-state index contributed by atoms with van der Waals surface area (Å²) in [5.41, 5.74) is 19.3. The lowest BCUT2D eigenvalue weighted by Gasteiger charge is -2.28. The molecular formula is C62H90N16O14S2. The molecule has 9 amide bonds. The van der Waals surface area contributed by atoms with E-state index in [-0.39, 0.29) is 106 Å². The van der Waals surface area contributed by atoms with Crippen molar-refractivity contribution in [1.82, 2.24) is 63.1 Å². The molecule has 0 unspecified atom stereocenters. The summed E-state index contributed by atoms with van der Waals surface area (Å²) >= 11 is 5.71. The number of phenolic OH excluding ortho intramolecular Hbond substituents is 3. The number of nitrogens with zero attached hydrogens (tertiary/aromatic N) is 1. The molecule has 0 bridgehead atoms. The zero-order valence-electron chi connectivity index (χ0n) is 52.9. The molecule has 0 spiro atoms. The second kappa shape index (κ2) is 40.1. The number of nitrogens with two attached hydrogens (primary N) is 3. The SMILES string of the molecule is CSCC[C@H](NC(=O)[C@H](Cc1ccc(O)cc1)NC(=O)[C@H](CCCCN)NC(=O)[C@H](CS)NC(=O)[C@H](Cc1ccc(O)cc1)NC(=O)[C@H](C)NC(=O)[C@H](CCCNC(=N)N)NC(=O)[C@H](Cc1ccc(O)cc1)NC(=O)[C@@H](N)CC(C)C)C(=O)N[C@@H](Cc1c[nH]cn1)C(=O)O. The van der Waals surface area contributed by atoms with Crippen LogP contribution in [0.15, 0.2) is 85.3 Å². The number of aromatic hydroxyl groups is 3. The van der Waals surface area contributed by atoms with Crippen LogP contribution in [0, 0.1) is 11.3 Å². The third-order valence-electron chi connectivity index (χ3n) is 14.7. The highest BCUT2D eigenvalue weighted by Crippen LogP contribution is 2.17. The summed E-state index contributed by atoms with van der Waals surface area (Å²) < 4.78 is 0. The second-order valence-electron chi connectivity index (χ2n) is 22.9. The molecule has 0 fully saturated rings. The van der Waals surface area contributed by atoms with E-state index < -0.39 is 120 Å². The molecule has 30 nitrogen and oxygen atoms in total. The molecule has 0 saturated carbocycles. The Labute approximate surface area is 554 Å². The number of thiol groups is 1. The molecule has 0 saturated heterocycles. The van der Waals surface area contributed by atoms with E-state index in [9.17, 15) is 68.4 Å². The summed E-state index contributed by atoms with van der Waals surface area (Å²) in [7, 11) is 0. The molecule has 0 aliphatic heterocycles. The van der Waals surface area contributed by atoms with Crippen LogP contribution in [0.3, 0.4) is 0 Å². The van der Waals surface area contributed by atoms with Gasteiger partial charge in [0.2, 0.25) is 53.2 Å². The number of hydrogen-bond acceptors (Lipinski definition) is 19. The lowest BCUT2D eigenvalue weighted by atomic mass is 10.0. The standard InChI is InChI=1S/C62H90N16O14S2/c1-34(2)26-43(64)53(83)75-48(28-37-12-18-41(80)19-13-37)57(87)71-45(9-7-24-68-62(65)66)54(84)70-35(3)52(82)74-47(27-36-10-16-40(79)17-11-36)59(89)78-51(32-93)60(90)72-44(8-5-6-23-63)55(85)76-49(29-38-14-20-42(81)21-15-38)58(88)73-46(22-25-94-4)56(86)77-50(61(91)92)30-39-31-67-33-69-39/h10-21,31,33-35,43-51,79-81,93H,5-9,22-30,32,63-64H2,1-4H3,(H,67,69)(H,70,84)(H,71,87)(H,72,90)(H,73,88)(H,74,82)(H,75,83)(H,76,85)(H,77,86)(H,78,89)(H,91,92)(H4,65,66,68)/t35-,43-,44-,45-,46-,47-,48-,49-,50-,51-/m0/s1. The number of carbonyl (C=O) groups is 10. The van der Waals surface area contributed by atoms with Gasteiger partial charge < -0.3 is 95.8 Å². The smallest absolute Gasteiger partial charge is 0.326 e. The minimum absolute atomic E-state index is 0.0338. The van der Waals surface area contributed by atoms with Crippen LogP contribution in [0.1, 0.15) is 88.1 Å². The van der Waals surface area contributed by atoms with Gasteiger partial charge in [0.05, 0.1) is 18.1 Å². The number of carboxylic acid groups (broad SMARTS) is 1. The van der Waals surface area contributed by atoms with E-state index in [1.165, 1.54) is 91.9 Å². The number of carboxylic acids is 1. The first-order valence-corrected chi connectivity index (χ1v) is 32.6. The van der Waals surface area contributed by atoms with Crippen LogP contribution in [-0.2, 0) is 73.6 Å². The van der Waals surface area contributed by atoms with Crippen molar-refractivity contribution >= 4 is 89.5 Å². The molecule has 4 rings (SSSR count). The zero-order chi connectivity index (χ0) is 69.4. The van der Waals surface area contributed by atoms with E-state index >= 15 is 0 Å². The highest BCUT2D eigenvalue weighted by atomic mass is 32.2. The van der Waals surface area contributed by atoms with E-state index in [1.807, 2.05) is 13.8 Å². The molecule has 4 aromatic rings. The maximum absolute atomic E-state index is 14.5. The minimum atomic E-state index is -1.50. The van der Waals surface area contributed by atoms with Gasteiger partial charge >= 0.3 is 5.97 Å². The summed E-state index contributed by atoms with van der Waals surface area (Å²) in [6.07, 6.45) is 4.98. The molecule has 0 radical (unpaired) electrons. The summed E-state index contributed by atoms with van der Waals surface area (Å²) in [4.78, 5) is 146. The van der Waals surface area contributed by atoms with Gasteiger partial charge in [-0.1, -0.05) is 50.2 Å². The number of carbonyl (C=O) groups excluding carboxylic acids is 9. The van der Waals surface area contributed by atoms with Gasteiger partial charge in [-0.3, -0.25) is 48.6 Å². The number of H-pyrrole nitrogens is 1. The number of benzene rings is 3. The van der Waals surface area contributed by atoms with Crippen LogP contribution < -0.4 is 70.4 Å². The molecule has 0 aliphatic carbocycles. The average Bonchev–Trinajstić information content (AvgIpc) is 1.11. The molecule has 32 heteroatoms. The molecule has 0 aliphatic rings.